The Balaban J connectivity index is 1.48. The van der Waals surface area contributed by atoms with Crippen molar-refractivity contribution in [1.29, 1.82) is 0 Å². The van der Waals surface area contributed by atoms with Crippen molar-refractivity contribution >= 4 is 22.6 Å². The molecule has 1 saturated heterocycles. The lowest BCUT2D eigenvalue weighted by molar-refractivity contribution is -0.144. The van der Waals surface area contributed by atoms with Gasteiger partial charge in [0.1, 0.15) is 0 Å². The van der Waals surface area contributed by atoms with Gasteiger partial charge in [-0.3, -0.25) is 9.69 Å². The number of nitrogens with zero attached hydrogens (tertiary/aromatic N) is 2. The number of halogens is 3. The zero-order valence-electron chi connectivity index (χ0n) is 16.6. The van der Waals surface area contributed by atoms with Crippen LogP contribution in [-0.4, -0.2) is 33.4 Å². The highest BCUT2D eigenvalue weighted by molar-refractivity contribution is 6.05. The number of benzene rings is 2. The summed E-state index contributed by atoms with van der Waals surface area (Å²) in [6.07, 6.45) is -0.901. The van der Waals surface area contributed by atoms with Crippen LogP contribution in [0.25, 0.3) is 11.0 Å². The minimum absolute atomic E-state index is 0.163. The average Bonchev–Trinajstić information content (AvgIpc) is 3.14. The zero-order chi connectivity index (χ0) is 21.3. The number of H-pyrrole nitrogens is 1. The number of carbonyl (C=O) groups excluding carboxylic acids is 1. The van der Waals surface area contributed by atoms with Crippen molar-refractivity contribution < 1.29 is 18.0 Å². The average molecular weight is 416 g/mol. The number of amides is 1. The second kappa shape index (κ2) is 8.10. The van der Waals surface area contributed by atoms with Gasteiger partial charge in [0.25, 0.3) is 5.91 Å². The highest BCUT2D eigenvalue weighted by atomic mass is 19.4. The van der Waals surface area contributed by atoms with Gasteiger partial charge in [0.05, 0.1) is 11.0 Å². The summed E-state index contributed by atoms with van der Waals surface area (Å²) in [6, 6.07) is 12.5. The maximum absolute atomic E-state index is 12.8. The topological polar surface area (TPSA) is 61.0 Å². The van der Waals surface area contributed by atoms with Crippen LogP contribution < -0.4 is 5.32 Å². The molecule has 5 nitrogen and oxygen atoms in total. The van der Waals surface area contributed by atoms with Crippen LogP contribution in [0.5, 0.6) is 0 Å². The van der Waals surface area contributed by atoms with Crippen molar-refractivity contribution in [3.05, 3.63) is 59.4 Å². The second-order valence-corrected chi connectivity index (χ2v) is 7.78. The van der Waals surface area contributed by atoms with E-state index in [9.17, 15) is 18.0 Å². The van der Waals surface area contributed by atoms with Crippen LogP contribution in [0.15, 0.2) is 42.5 Å². The summed E-state index contributed by atoms with van der Waals surface area (Å²) in [6.45, 7) is 4.13. The fourth-order valence-corrected chi connectivity index (χ4v) is 3.86. The van der Waals surface area contributed by atoms with Gasteiger partial charge in [-0.25, -0.2) is 4.98 Å². The zero-order valence-corrected chi connectivity index (χ0v) is 16.6. The largest absolute Gasteiger partial charge is 0.449 e. The fourth-order valence-electron chi connectivity index (χ4n) is 3.86. The van der Waals surface area contributed by atoms with Crippen LogP contribution in [0, 0.1) is 0 Å². The predicted octanol–water partition coefficient (Wildman–Crippen LogP) is 5.21. The Labute approximate surface area is 172 Å². The Bertz CT molecular complexity index is 1060. The van der Waals surface area contributed by atoms with Crippen molar-refractivity contribution in [1.82, 2.24) is 14.9 Å². The van der Waals surface area contributed by atoms with E-state index in [-0.39, 0.29) is 22.5 Å². The molecule has 0 aliphatic carbocycles. The van der Waals surface area contributed by atoms with Crippen LogP contribution in [0.2, 0.25) is 0 Å². The molecule has 4 rings (SSSR count). The molecule has 1 aliphatic heterocycles. The molecule has 2 heterocycles. The van der Waals surface area contributed by atoms with E-state index in [1.165, 1.54) is 37.5 Å². The molecule has 0 radical (unpaired) electrons. The van der Waals surface area contributed by atoms with Crippen LogP contribution in [-0.2, 0) is 12.7 Å². The van der Waals surface area contributed by atoms with E-state index in [1.807, 2.05) is 18.2 Å². The first-order valence-corrected chi connectivity index (χ1v) is 10.0. The lowest BCUT2D eigenvalue weighted by atomic mass is 10.0. The summed E-state index contributed by atoms with van der Waals surface area (Å²) in [5, 5.41) is 2.83. The van der Waals surface area contributed by atoms with Gasteiger partial charge in [0, 0.05) is 23.8 Å². The Morgan fingerprint density at radius 3 is 2.83 bits per heavy atom. The van der Waals surface area contributed by atoms with E-state index < -0.39 is 12.0 Å². The molecular formula is C22H23F3N4O. The summed E-state index contributed by atoms with van der Waals surface area (Å²) in [7, 11) is 0. The number of piperidine rings is 1. The van der Waals surface area contributed by atoms with Gasteiger partial charge < -0.3 is 10.3 Å². The molecule has 1 amide bonds. The Kier molecular flexibility index (Phi) is 5.51. The van der Waals surface area contributed by atoms with E-state index in [1.54, 1.807) is 6.07 Å². The smallest absolute Gasteiger partial charge is 0.334 e. The lowest BCUT2D eigenvalue weighted by Gasteiger charge is -2.33. The van der Waals surface area contributed by atoms with Gasteiger partial charge in [0.15, 0.2) is 0 Å². The molecule has 2 N–H and O–H groups in total. The SMILES string of the molecule is C[C@@H]1CCCCN1Cc1cccc(NC(=O)c2ccc3nc(C(F)(F)F)[nH]c3c2)c1. The fraction of sp³-hybridized carbons (Fsp3) is 0.364. The molecule has 2 aromatic carbocycles. The molecule has 1 aromatic heterocycles. The quantitative estimate of drug-likeness (QED) is 0.614. The second-order valence-electron chi connectivity index (χ2n) is 7.78. The van der Waals surface area contributed by atoms with Gasteiger partial charge in [-0.2, -0.15) is 13.2 Å². The number of nitrogens with one attached hydrogen (secondary N) is 2. The minimum Gasteiger partial charge on any atom is -0.334 e. The maximum atomic E-state index is 12.8. The maximum Gasteiger partial charge on any atom is 0.449 e. The van der Waals surface area contributed by atoms with Crippen molar-refractivity contribution in [2.24, 2.45) is 0 Å². The first-order chi connectivity index (χ1) is 14.3. The van der Waals surface area contributed by atoms with E-state index in [2.05, 4.69) is 27.1 Å². The van der Waals surface area contributed by atoms with Crippen LogP contribution in [0.1, 0.15) is 47.9 Å². The highest BCUT2D eigenvalue weighted by Gasteiger charge is 2.34. The number of likely N-dealkylation sites (tertiary alicyclic amines) is 1. The molecule has 3 aromatic rings. The predicted molar refractivity (Wildman–Crippen MR) is 109 cm³/mol. The number of alkyl halides is 3. The van der Waals surface area contributed by atoms with Crippen molar-refractivity contribution in [3.63, 3.8) is 0 Å². The number of aromatic amines is 1. The summed E-state index contributed by atoms with van der Waals surface area (Å²) in [5.74, 6) is -1.46. The summed E-state index contributed by atoms with van der Waals surface area (Å²) in [5.41, 5.74) is 2.36. The molecule has 1 fully saturated rings. The van der Waals surface area contributed by atoms with Crippen molar-refractivity contribution in [3.8, 4) is 0 Å². The third kappa shape index (κ3) is 4.48. The lowest BCUT2D eigenvalue weighted by Crippen LogP contribution is -2.36. The normalized spacial score (nSPS) is 17.9. The first kappa shape index (κ1) is 20.4. The minimum atomic E-state index is -4.56. The molecular weight excluding hydrogens is 393 g/mol. The van der Waals surface area contributed by atoms with E-state index >= 15 is 0 Å². The molecule has 0 spiro atoms. The van der Waals surface area contributed by atoms with E-state index in [4.69, 9.17) is 0 Å². The number of imidazole rings is 1. The molecule has 1 atom stereocenters. The van der Waals surface area contributed by atoms with Crippen LogP contribution >= 0.6 is 0 Å². The number of anilines is 1. The number of hydrogen-bond acceptors (Lipinski definition) is 3. The van der Waals surface area contributed by atoms with Crippen LogP contribution in [0.4, 0.5) is 18.9 Å². The standard InChI is InChI=1S/C22H23F3N4O/c1-14-5-2-3-10-29(14)13-15-6-4-7-17(11-15)26-20(30)16-8-9-18-19(12-16)28-21(27-18)22(23,24)25/h4,6-9,11-12,14H,2-3,5,10,13H2,1H3,(H,26,30)(H,27,28)/t14-/m1/s1. The summed E-state index contributed by atoms with van der Waals surface area (Å²) in [4.78, 5) is 20.8. The Morgan fingerprint density at radius 2 is 2.07 bits per heavy atom. The molecule has 30 heavy (non-hydrogen) atoms. The van der Waals surface area contributed by atoms with Gasteiger partial charge in [0.2, 0.25) is 5.82 Å². The molecule has 1 aliphatic rings. The number of rotatable bonds is 4. The summed E-state index contributed by atoms with van der Waals surface area (Å²) < 4.78 is 38.5. The number of aromatic nitrogens is 2. The number of hydrogen-bond donors (Lipinski definition) is 2. The monoisotopic (exact) mass is 416 g/mol. The number of fused-ring (bicyclic) bond motifs is 1. The van der Waals surface area contributed by atoms with Crippen molar-refractivity contribution in [2.45, 2.75) is 44.9 Å². The van der Waals surface area contributed by atoms with Gasteiger partial charge in [-0.05, 0) is 62.2 Å². The molecule has 0 unspecified atom stereocenters. The van der Waals surface area contributed by atoms with Gasteiger partial charge in [-0.15, -0.1) is 0 Å². The third-order valence-corrected chi connectivity index (χ3v) is 5.52. The molecule has 8 heteroatoms. The first-order valence-electron chi connectivity index (χ1n) is 10.0. The van der Waals surface area contributed by atoms with Gasteiger partial charge >= 0.3 is 6.18 Å². The van der Waals surface area contributed by atoms with E-state index in [0.717, 1.165) is 18.7 Å². The number of carbonyl (C=O) groups is 1. The van der Waals surface area contributed by atoms with Crippen molar-refractivity contribution in [2.75, 3.05) is 11.9 Å². The molecule has 158 valence electrons. The molecule has 0 saturated carbocycles. The highest BCUT2D eigenvalue weighted by Crippen LogP contribution is 2.29. The Hall–Kier alpha value is -2.87. The Morgan fingerprint density at radius 1 is 1.23 bits per heavy atom. The van der Waals surface area contributed by atoms with Crippen LogP contribution in [0.3, 0.4) is 0 Å². The van der Waals surface area contributed by atoms with Gasteiger partial charge in [-0.1, -0.05) is 18.6 Å². The van der Waals surface area contributed by atoms with E-state index in [0.29, 0.717) is 11.7 Å². The third-order valence-electron chi connectivity index (χ3n) is 5.52. The summed E-state index contributed by atoms with van der Waals surface area (Å²) >= 11 is 0. The molecule has 0 bridgehead atoms.